The van der Waals surface area contributed by atoms with Crippen molar-refractivity contribution in [2.24, 2.45) is 0 Å². The predicted molar refractivity (Wildman–Crippen MR) is 59.3 cm³/mol. The summed E-state index contributed by atoms with van der Waals surface area (Å²) in [6.45, 7) is 3.73. The molecule has 7 nitrogen and oxygen atoms in total. The van der Waals surface area contributed by atoms with Crippen molar-refractivity contribution < 1.29 is 23.9 Å². The summed E-state index contributed by atoms with van der Waals surface area (Å²) in [5, 5.41) is 2.02. The van der Waals surface area contributed by atoms with Crippen LogP contribution in [0.4, 0.5) is 4.79 Å². The van der Waals surface area contributed by atoms with Crippen molar-refractivity contribution in [3.63, 3.8) is 0 Å². The summed E-state index contributed by atoms with van der Waals surface area (Å²) < 4.78 is 9.24. The molecule has 0 aromatic heterocycles. The fourth-order valence-corrected chi connectivity index (χ4v) is 1.05. The van der Waals surface area contributed by atoms with Crippen LogP contribution in [0.25, 0.3) is 0 Å². The molecule has 0 aliphatic rings. The molecule has 0 aromatic rings. The van der Waals surface area contributed by atoms with Crippen molar-refractivity contribution in [2.45, 2.75) is 13.8 Å². The average molecular weight is 246 g/mol. The third-order valence-corrected chi connectivity index (χ3v) is 1.63. The maximum atomic E-state index is 11.3. The van der Waals surface area contributed by atoms with E-state index in [-0.39, 0.29) is 19.7 Å². The third kappa shape index (κ3) is 8.21. The molecule has 7 heteroatoms. The Morgan fingerprint density at radius 1 is 1.06 bits per heavy atom. The van der Waals surface area contributed by atoms with E-state index in [1.807, 2.05) is 5.32 Å². The molecule has 0 unspecified atom stereocenters. The molecule has 17 heavy (non-hydrogen) atoms. The van der Waals surface area contributed by atoms with Crippen molar-refractivity contribution in [2.75, 3.05) is 33.4 Å². The van der Waals surface area contributed by atoms with Gasteiger partial charge in [-0.2, -0.15) is 0 Å². The second-order valence-corrected chi connectivity index (χ2v) is 3.25. The van der Waals surface area contributed by atoms with Gasteiger partial charge in [-0.25, -0.2) is 4.79 Å². The molecular formula is C10H18N2O5. The van der Waals surface area contributed by atoms with Gasteiger partial charge in [0.1, 0.15) is 0 Å². The summed E-state index contributed by atoms with van der Waals surface area (Å²) in [6.07, 6.45) is -0.790. The molecular weight excluding hydrogens is 228 g/mol. The molecule has 0 saturated carbocycles. The SMILES string of the molecule is CCOC(=O)CN(C)CC(=O)NC(=O)OCC. The predicted octanol–water partition coefficient (Wildman–Crippen LogP) is -0.246. The van der Waals surface area contributed by atoms with Gasteiger partial charge in [0, 0.05) is 0 Å². The summed E-state index contributed by atoms with van der Waals surface area (Å²) >= 11 is 0. The Morgan fingerprint density at radius 2 is 1.65 bits per heavy atom. The number of hydrogen-bond acceptors (Lipinski definition) is 6. The van der Waals surface area contributed by atoms with Crippen molar-refractivity contribution in [1.29, 1.82) is 0 Å². The molecule has 98 valence electrons. The first-order chi connectivity index (χ1) is 7.99. The van der Waals surface area contributed by atoms with Gasteiger partial charge in [0.2, 0.25) is 5.91 Å². The molecule has 0 aliphatic carbocycles. The van der Waals surface area contributed by atoms with Gasteiger partial charge in [0.15, 0.2) is 0 Å². The number of rotatable bonds is 6. The van der Waals surface area contributed by atoms with E-state index < -0.39 is 18.0 Å². The highest BCUT2D eigenvalue weighted by Crippen LogP contribution is 1.86. The lowest BCUT2D eigenvalue weighted by atomic mass is 10.5. The minimum atomic E-state index is -0.790. The Bertz CT molecular complexity index is 280. The van der Waals surface area contributed by atoms with Gasteiger partial charge in [-0.3, -0.25) is 19.8 Å². The molecule has 1 N–H and O–H groups in total. The number of nitrogens with one attached hydrogen (secondary N) is 1. The molecule has 0 saturated heterocycles. The molecule has 0 aromatic carbocycles. The van der Waals surface area contributed by atoms with Gasteiger partial charge in [-0.15, -0.1) is 0 Å². The zero-order chi connectivity index (χ0) is 13.3. The lowest BCUT2D eigenvalue weighted by molar-refractivity contribution is -0.144. The number of carbonyl (C=O) groups excluding carboxylic acids is 3. The van der Waals surface area contributed by atoms with E-state index in [1.54, 1.807) is 20.9 Å². The highest BCUT2D eigenvalue weighted by atomic mass is 16.5. The zero-order valence-corrected chi connectivity index (χ0v) is 10.3. The van der Waals surface area contributed by atoms with Crippen LogP contribution in [-0.4, -0.2) is 56.2 Å². The van der Waals surface area contributed by atoms with Gasteiger partial charge < -0.3 is 9.47 Å². The van der Waals surface area contributed by atoms with E-state index in [1.165, 1.54) is 4.90 Å². The fraction of sp³-hybridized carbons (Fsp3) is 0.700. The van der Waals surface area contributed by atoms with Crippen molar-refractivity contribution in [3.05, 3.63) is 0 Å². The molecule has 0 fully saturated rings. The van der Waals surface area contributed by atoms with Crippen LogP contribution in [-0.2, 0) is 19.1 Å². The van der Waals surface area contributed by atoms with Crippen LogP contribution in [0.1, 0.15) is 13.8 Å². The topological polar surface area (TPSA) is 84.9 Å². The van der Waals surface area contributed by atoms with Crippen LogP contribution in [0.3, 0.4) is 0 Å². The van der Waals surface area contributed by atoms with Gasteiger partial charge in [0.25, 0.3) is 0 Å². The Balaban J connectivity index is 3.87. The fourth-order valence-electron chi connectivity index (χ4n) is 1.05. The summed E-state index contributed by atoms with van der Waals surface area (Å²) in [7, 11) is 1.57. The molecule has 0 radical (unpaired) electrons. The summed E-state index contributed by atoms with van der Waals surface area (Å²) in [5.41, 5.74) is 0. The van der Waals surface area contributed by atoms with E-state index in [2.05, 4.69) is 4.74 Å². The number of hydrogen-bond donors (Lipinski definition) is 1. The van der Waals surface area contributed by atoms with Crippen LogP contribution >= 0.6 is 0 Å². The minimum Gasteiger partial charge on any atom is -0.465 e. The average Bonchev–Trinajstić information content (AvgIpc) is 2.16. The van der Waals surface area contributed by atoms with Crippen LogP contribution in [0.5, 0.6) is 0 Å². The monoisotopic (exact) mass is 246 g/mol. The molecule has 0 bridgehead atoms. The van der Waals surface area contributed by atoms with Crippen LogP contribution in [0.2, 0.25) is 0 Å². The Hall–Kier alpha value is -1.63. The number of likely N-dealkylation sites (N-methyl/N-ethyl adjacent to an activating group) is 1. The molecule has 0 aliphatic heterocycles. The van der Waals surface area contributed by atoms with Gasteiger partial charge in [-0.1, -0.05) is 0 Å². The zero-order valence-electron chi connectivity index (χ0n) is 10.3. The lowest BCUT2D eigenvalue weighted by Crippen LogP contribution is -2.40. The first kappa shape index (κ1) is 15.4. The third-order valence-electron chi connectivity index (χ3n) is 1.63. The number of esters is 1. The first-order valence-corrected chi connectivity index (χ1v) is 5.30. The van der Waals surface area contributed by atoms with Gasteiger partial charge in [0.05, 0.1) is 26.3 Å². The highest BCUT2D eigenvalue weighted by molar-refractivity contribution is 5.93. The molecule has 2 amide bonds. The molecule has 0 atom stereocenters. The van der Waals surface area contributed by atoms with Crippen LogP contribution < -0.4 is 5.32 Å². The molecule has 0 rings (SSSR count). The second-order valence-electron chi connectivity index (χ2n) is 3.25. The number of imide groups is 1. The van der Waals surface area contributed by atoms with Crippen LogP contribution in [0.15, 0.2) is 0 Å². The van der Waals surface area contributed by atoms with E-state index in [4.69, 9.17) is 4.74 Å². The standard InChI is InChI=1S/C10H18N2O5/c1-4-16-9(14)7-12(3)6-8(13)11-10(15)17-5-2/h4-7H2,1-3H3,(H,11,13,15). The number of ether oxygens (including phenoxy) is 2. The number of carbonyl (C=O) groups is 3. The summed E-state index contributed by atoms with van der Waals surface area (Å²) in [4.78, 5) is 34.7. The second kappa shape index (κ2) is 8.51. The Kier molecular flexibility index (Phi) is 7.70. The minimum absolute atomic E-state index is 0.00984. The normalized spacial score (nSPS) is 9.88. The van der Waals surface area contributed by atoms with E-state index in [0.717, 1.165) is 0 Å². The molecule has 0 heterocycles. The van der Waals surface area contributed by atoms with Crippen molar-refractivity contribution >= 4 is 18.0 Å². The Labute approximate surface area is 100 Å². The largest absolute Gasteiger partial charge is 0.465 e. The maximum Gasteiger partial charge on any atom is 0.413 e. The number of alkyl carbamates (subject to hydrolysis) is 1. The van der Waals surface area contributed by atoms with E-state index in [0.29, 0.717) is 6.61 Å². The lowest BCUT2D eigenvalue weighted by Gasteiger charge is -2.14. The summed E-state index contributed by atoms with van der Waals surface area (Å²) in [6, 6.07) is 0. The first-order valence-electron chi connectivity index (χ1n) is 5.30. The Morgan fingerprint density at radius 3 is 2.18 bits per heavy atom. The smallest absolute Gasteiger partial charge is 0.413 e. The number of nitrogens with zero attached hydrogens (tertiary/aromatic N) is 1. The van der Waals surface area contributed by atoms with Crippen LogP contribution in [0, 0.1) is 0 Å². The van der Waals surface area contributed by atoms with Crippen molar-refractivity contribution in [1.82, 2.24) is 10.2 Å². The quantitative estimate of drug-likeness (QED) is 0.651. The van der Waals surface area contributed by atoms with E-state index >= 15 is 0 Å². The summed E-state index contributed by atoms with van der Waals surface area (Å²) in [5.74, 6) is -0.950. The molecule has 0 spiro atoms. The van der Waals surface area contributed by atoms with Gasteiger partial charge >= 0.3 is 12.1 Å². The number of amides is 2. The highest BCUT2D eigenvalue weighted by Gasteiger charge is 2.13. The maximum absolute atomic E-state index is 11.3. The van der Waals surface area contributed by atoms with Gasteiger partial charge in [-0.05, 0) is 20.9 Å². The van der Waals surface area contributed by atoms with E-state index in [9.17, 15) is 14.4 Å². The van der Waals surface area contributed by atoms with Crippen molar-refractivity contribution in [3.8, 4) is 0 Å².